The third kappa shape index (κ3) is 4.11. The summed E-state index contributed by atoms with van der Waals surface area (Å²) in [5.41, 5.74) is 3.11. The Kier molecular flexibility index (Phi) is 5.24. The normalized spacial score (nSPS) is 14.5. The first-order valence-corrected chi connectivity index (χ1v) is 9.75. The Labute approximate surface area is 169 Å². The standard InChI is InChI=1S/C21H24N6O2/c1-14(2)29-20-17-10-16(4-5-18(17)24-13-25-20)26-6-8-27(9-7-26)21(28)19-12-22-15(3)11-23-19/h4-5,10-14H,6-9H2,1-3H3. The average Bonchev–Trinajstić information content (AvgIpc) is 2.73. The van der Waals surface area contributed by atoms with Crippen LogP contribution >= 0.6 is 0 Å². The molecule has 8 heteroatoms. The predicted octanol–water partition coefficient (Wildman–Crippen LogP) is 2.48. The van der Waals surface area contributed by atoms with E-state index in [0.717, 1.165) is 35.4 Å². The molecule has 4 rings (SSSR count). The van der Waals surface area contributed by atoms with Crippen LogP contribution in [0.2, 0.25) is 0 Å². The smallest absolute Gasteiger partial charge is 0.274 e. The van der Waals surface area contributed by atoms with E-state index in [9.17, 15) is 4.79 Å². The third-order valence-electron chi connectivity index (χ3n) is 4.86. The monoisotopic (exact) mass is 392 g/mol. The molecule has 0 radical (unpaired) electrons. The minimum Gasteiger partial charge on any atom is -0.474 e. The van der Waals surface area contributed by atoms with Crippen molar-refractivity contribution >= 4 is 22.5 Å². The number of carbonyl (C=O) groups is 1. The van der Waals surface area contributed by atoms with Crippen LogP contribution in [0.25, 0.3) is 10.9 Å². The van der Waals surface area contributed by atoms with Crippen molar-refractivity contribution in [1.29, 1.82) is 0 Å². The fraction of sp³-hybridized carbons (Fsp3) is 0.381. The van der Waals surface area contributed by atoms with Crippen LogP contribution in [0.4, 0.5) is 5.69 Å². The van der Waals surface area contributed by atoms with Crippen LogP contribution in [0.1, 0.15) is 30.0 Å². The third-order valence-corrected chi connectivity index (χ3v) is 4.86. The van der Waals surface area contributed by atoms with Crippen molar-refractivity contribution in [2.24, 2.45) is 0 Å². The van der Waals surface area contributed by atoms with Crippen LogP contribution in [0, 0.1) is 6.92 Å². The Hall–Kier alpha value is -3.29. The van der Waals surface area contributed by atoms with Crippen LogP contribution in [0.15, 0.2) is 36.9 Å². The fourth-order valence-corrected chi connectivity index (χ4v) is 3.37. The largest absolute Gasteiger partial charge is 0.474 e. The second kappa shape index (κ2) is 7.98. The van der Waals surface area contributed by atoms with Gasteiger partial charge in [-0.3, -0.25) is 9.78 Å². The highest BCUT2D eigenvalue weighted by atomic mass is 16.5. The van der Waals surface area contributed by atoms with Crippen molar-refractivity contribution in [2.45, 2.75) is 26.9 Å². The number of aromatic nitrogens is 4. The minimum atomic E-state index is -0.0725. The zero-order valence-corrected chi connectivity index (χ0v) is 16.9. The number of amides is 1. The number of benzene rings is 1. The molecule has 29 heavy (non-hydrogen) atoms. The average molecular weight is 392 g/mol. The molecule has 3 heterocycles. The minimum absolute atomic E-state index is 0.0381. The van der Waals surface area contributed by atoms with Crippen molar-refractivity contribution < 1.29 is 9.53 Å². The molecule has 0 unspecified atom stereocenters. The van der Waals surface area contributed by atoms with Gasteiger partial charge in [0.1, 0.15) is 12.0 Å². The lowest BCUT2D eigenvalue weighted by Gasteiger charge is -2.36. The van der Waals surface area contributed by atoms with Crippen LogP contribution < -0.4 is 9.64 Å². The molecule has 1 aromatic carbocycles. The number of aryl methyl sites for hydroxylation is 1. The summed E-state index contributed by atoms with van der Waals surface area (Å²) in [7, 11) is 0. The van der Waals surface area contributed by atoms with Gasteiger partial charge in [-0.2, -0.15) is 0 Å². The molecule has 0 bridgehead atoms. The van der Waals surface area contributed by atoms with Crippen LogP contribution in [0.3, 0.4) is 0 Å². The molecule has 1 aliphatic rings. The van der Waals surface area contributed by atoms with Crippen molar-refractivity contribution in [2.75, 3.05) is 31.1 Å². The highest BCUT2D eigenvalue weighted by Crippen LogP contribution is 2.28. The van der Waals surface area contributed by atoms with Crippen molar-refractivity contribution in [3.05, 3.63) is 48.3 Å². The number of carbonyl (C=O) groups excluding carboxylic acids is 1. The van der Waals surface area contributed by atoms with Gasteiger partial charge in [0.05, 0.1) is 28.9 Å². The molecule has 2 aromatic heterocycles. The van der Waals surface area contributed by atoms with Crippen molar-refractivity contribution in [1.82, 2.24) is 24.8 Å². The lowest BCUT2D eigenvalue weighted by Crippen LogP contribution is -2.49. The van der Waals surface area contributed by atoms with E-state index in [-0.39, 0.29) is 12.0 Å². The summed E-state index contributed by atoms with van der Waals surface area (Å²) in [4.78, 5) is 33.7. The van der Waals surface area contributed by atoms with E-state index >= 15 is 0 Å². The van der Waals surface area contributed by atoms with E-state index in [1.165, 1.54) is 6.33 Å². The molecule has 0 atom stereocenters. The van der Waals surface area contributed by atoms with E-state index in [1.54, 1.807) is 12.4 Å². The summed E-state index contributed by atoms with van der Waals surface area (Å²) in [5.74, 6) is 0.523. The highest BCUT2D eigenvalue weighted by molar-refractivity contribution is 5.92. The molecule has 8 nitrogen and oxygen atoms in total. The van der Waals surface area contributed by atoms with Gasteiger partial charge in [-0.05, 0) is 39.0 Å². The zero-order chi connectivity index (χ0) is 20.4. The Bertz CT molecular complexity index is 1010. The summed E-state index contributed by atoms with van der Waals surface area (Å²) >= 11 is 0. The maximum Gasteiger partial charge on any atom is 0.274 e. The number of hydrogen-bond acceptors (Lipinski definition) is 7. The van der Waals surface area contributed by atoms with Gasteiger partial charge in [0.25, 0.3) is 5.91 Å². The van der Waals surface area contributed by atoms with E-state index in [1.807, 2.05) is 31.7 Å². The van der Waals surface area contributed by atoms with Gasteiger partial charge in [0, 0.05) is 38.1 Å². The summed E-state index contributed by atoms with van der Waals surface area (Å²) in [6.45, 7) is 8.56. The predicted molar refractivity (Wildman–Crippen MR) is 110 cm³/mol. The summed E-state index contributed by atoms with van der Waals surface area (Å²) < 4.78 is 5.84. The molecule has 0 saturated carbocycles. The van der Waals surface area contributed by atoms with Crippen LogP contribution in [0.5, 0.6) is 5.88 Å². The molecule has 1 amide bonds. The number of piperazine rings is 1. The Morgan fingerprint density at radius 1 is 1.03 bits per heavy atom. The molecule has 0 N–H and O–H groups in total. The van der Waals surface area contributed by atoms with Gasteiger partial charge in [-0.1, -0.05) is 0 Å². The van der Waals surface area contributed by atoms with Gasteiger partial charge >= 0.3 is 0 Å². The molecule has 1 fully saturated rings. The first-order chi connectivity index (χ1) is 14.0. The zero-order valence-electron chi connectivity index (χ0n) is 16.9. The van der Waals surface area contributed by atoms with Gasteiger partial charge in [-0.25, -0.2) is 15.0 Å². The van der Waals surface area contributed by atoms with Gasteiger partial charge in [0.2, 0.25) is 5.88 Å². The lowest BCUT2D eigenvalue weighted by molar-refractivity contribution is 0.0740. The van der Waals surface area contributed by atoms with E-state index < -0.39 is 0 Å². The Morgan fingerprint density at radius 2 is 1.83 bits per heavy atom. The number of rotatable bonds is 4. The van der Waals surface area contributed by atoms with Crippen LogP contribution in [-0.4, -0.2) is 63.0 Å². The Balaban J connectivity index is 1.48. The first-order valence-electron chi connectivity index (χ1n) is 9.75. The van der Waals surface area contributed by atoms with Gasteiger partial charge < -0.3 is 14.5 Å². The quantitative estimate of drug-likeness (QED) is 0.674. The molecule has 0 spiro atoms. The maximum atomic E-state index is 12.6. The van der Waals surface area contributed by atoms with Crippen molar-refractivity contribution in [3.8, 4) is 5.88 Å². The van der Waals surface area contributed by atoms with Crippen molar-refractivity contribution in [3.63, 3.8) is 0 Å². The number of anilines is 1. The Morgan fingerprint density at radius 3 is 2.52 bits per heavy atom. The number of hydrogen-bond donors (Lipinski definition) is 0. The van der Waals surface area contributed by atoms with E-state index in [0.29, 0.717) is 24.7 Å². The molecular formula is C21H24N6O2. The number of ether oxygens (including phenoxy) is 1. The number of nitrogens with zero attached hydrogens (tertiary/aromatic N) is 6. The molecule has 150 valence electrons. The van der Waals surface area contributed by atoms with Gasteiger partial charge in [-0.15, -0.1) is 0 Å². The van der Waals surface area contributed by atoms with Gasteiger partial charge in [0.15, 0.2) is 0 Å². The first kappa shape index (κ1) is 19.0. The SMILES string of the molecule is Cc1cnc(C(=O)N2CCN(c3ccc4ncnc(OC(C)C)c4c3)CC2)cn1. The number of fused-ring (bicyclic) bond motifs is 1. The topological polar surface area (TPSA) is 84.3 Å². The molecular weight excluding hydrogens is 368 g/mol. The lowest BCUT2D eigenvalue weighted by atomic mass is 10.1. The molecule has 1 saturated heterocycles. The van der Waals surface area contributed by atoms with E-state index in [4.69, 9.17) is 4.74 Å². The molecule has 3 aromatic rings. The second-order valence-corrected chi connectivity index (χ2v) is 7.37. The summed E-state index contributed by atoms with van der Waals surface area (Å²) in [6, 6.07) is 6.10. The summed E-state index contributed by atoms with van der Waals surface area (Å²) in [5, 5.41) is 0.895. The highest BCUT2D eigenvalue weighted by Gasteiger charge is 2.23. The molecule has 0 aliphatic carbocycles. The second-order valence-electron chi connectivity index (χ2n) is 7.37. The molecule has 1 aliphatic heterocycles. The van der Waals surface area contributed by atoms with E-state index in [2.05, 4.69) is 37.0 Å². The van der Waals surface area contributed by atoms with Crippen LogP contribution in [-0.2, 0) is 0 Å². The maximum absolute atomic E-state index is 12.6. The summed E-state index contributed by atoms with van der Waals surface area (Å²) in [6.07, 6.45) is 4.73. The fourth-order valence-electron chi connectivity index (χ4n) is 3.37.